The van der Waals surface area contributed by atoms with Crippen LogP contribution in [0.4, 0.5) is 5.95 Å². The summed E-state index contributed by atoms with van der Waals surface area (Å²) in [6, 6.07) is 10.3. The zero-order chi connectivity index (χ0) is 18.0. The maximum absolute atomic E-state index is 11.7. The number of nitrogen functional groups attached to an aromatic ring is 1. The zero-order valence-corrected chi connectivity index (χ0v) is 15.1. The average Bonchev–Trinajstić information content (AvgIpc) is 3.20. The minimum absolute atomic E-state index is 0.107. The fourth-order valence-corrected chi connectivity index (χ4v) is 4.36. The summed E-state index contributed by atoms with van der Waals surface area (Å²) in [5, 5.41) is 11.7. The largest absolute Gasteiger partial charge is 0.383 e. The molecule has 6 heteroatoms. The summed E-state index contributed by atoms with van der Waals surface area (Å²) in [5.41, 5.74) is 6.89. The van der Waals surface area contributed by atoms with Crippen molar-refractivity contribution in [3.63, 3.8) is 0 Å². The van der Waals surface area contributed by atoms with Crippen LogP contribution in [0.1, 0.15) is 30.4 Å². The second-order valence-corrected chi connectivity index (χ2v) is 7.48. The number of benzene rings is 1. The minimum atomic E-state index is -0.792. The zero-order valence-electron chi connectivity index (χ0n) is 15.1. The summed E-state index contributed by atoms with van der Waals surface area (Å²) in [6.07, 6.45) is 6.75. The van der Waals surface area contributed by atoms with Gasteiger partial charge in [-0.2, -0.15) is 0 Å². The smallest absolute Gasteiger partial charge is 0.219 e. The Balaban J connectivity index is 1.55. The minimum Gasteiger partial charge on any atom is -0.383 e. The van der Waals surface area contributed by atoms with Gasteiger partial charge in [0, 0.05) is 37.6 Å². The number of hydrogen-bond donors (Lipinski definition) is 2. The maximum Gasteiger partial charge on any atom is 0.219 e. The van der Waals surface area contributed by atoms with E-state index in [4.69, 9.17) is 5.73 Å². The van der Waals surface area contributed by atoms with Gasteiger partial charge >= 0.3 is 0 Å². The molecule has 2 aliphatic heterocycles. The number of nitrogens with two attached hydrogens (primary N) is 1. The van der Waals surface area contributed by atoms with Crippen molar-refractivity contribution in [3.05, 3.63) is 53.9 Å². The summed E-state index contributed by atoms with van der Waals surface area (Å²) in [4.78, 5) is 13.1. The third kappa shape index (κ3) is 3.45. The molecule has 0 saturated carbocycles. The van der Waals surface area contributed by atoms with Gasteiger partial charge in [-0.1, -0.05) is 30.3 Å². The Bertz CT molecular complexity index is 717. The molecule has 2 atom stereocenters. The quantitative estimate of drug-likeness (QED) is 0.870. The van der Waals surface area contributed by atoms with Crippen LogP contribution in [0.2, 0.25) is 0 Å². The van der Waals surface area contributed by atoms with Gasteiger partial charge in [-0.3, -0.25) is 9.80 Å². The van der Waals surface area contributed by atoms with Crippen LogP contribution in [0.5, 0.6) is 0 Å². The van der Waals surface area contributed by atoms with Crippen molar-refractivity contribution in [2.75, 3.05) is 31.9 Å². The Morgan fingerprint density at radius 3 is 2.46 bits per heavy atom. The monoisotopic (exact) mass is 353 g/mol. The molecule has 0 radical (unpaired) electrons. The van der Waals surface area contributed by atoms with Crippen molar-refractivity contribution in [2.24, 2.45) is 0 Å². The van der Waals surface area contributed by atoms with Crippen LogP contribution in [0, 0.1) is 0 Å². The van der Waals surface area contributed by atoms with Crippen LogP contribution in [0.15, 0.2) is 42.7 Å². The van der Waals surface area contributed by atoms with E-state index in [1.54, 1.807) is 12.4 Å². The highest BCUT2D eigenvalue weighted by atomic mass is 16.3. The second kappa shape index (κ2) is 7.31. The molecule has 3 N–H and O–H groups in total. The van der Waals surface area contributed by atoms with E-state index in [9.17, 15) is 5.11 Å². The highest BCUT2D eigenvalue weighted by Gasteiger charge is 2.46. The molecule has 6 nitrogen and oxygen atoms in total. The summed E-state index contributed by atoms with van der Waals surface area (Å²) >= 11 is 0. The van der Waals surface area contributed by atoms with Gasteiger partial charge in [0.2, 0.25) is 5.95 Å². The standard InChI is InChI=1S/C20H27N5O/c21-19-22-12-16(13-23-19)14-24-11-8-20(26,17-6-2-1-3-7-17)18(15-24)25-9-4-5-10-25/h1-3,6-7,12-13,18,26H,4-5,8-11,14-15H2,(H2,21,22,23)/t18-,20+/m1/s1. The van der Waals surface area contributed by atoms with Gasteiger partial charge in [0.1, 0.15) is 5.60 Å². The second-order valence-electron chi connectivity index (χ2n) is 7.48. The number of rotatable bonds is 4. The third-order valence-corrected chi connectivity index (χ3v) is 5.78. The third-order valence-electron chi connectivity index (χ3n) is 5.78. The van der Waals surface area contributed by atoms with Crippen molar-refractivity contribution < 1.29 is 5.11 Å². The Hall–Kier alpha value is -2.02. The topological polar surface area (TPSA) is 78.5 Å². The molecule has 0 aliphatic carbocycles. The number of nitrogens with zero attached hydrogens (tertiary/aromatic N) is 4. The molecule has 26 heavy (non-hydrogen) atoms. The fraction of sp³-hybridized carbons (Fsp3) is 0.500. The molecule has 0 bridgehead atoms. The lowest BCUT2D eigenvalue weighted by molar-refractivity contribution is -0.0959. The molecule has 2 aromatic rings. The molecular formula is C20H27N5O. The number of aliphatic hydroxyl groups is 1. The van der Waals surface area contributed by atoms with Crippen LogP contribution >= 0.6 is 0 Å². The molecule has 2 saturated heterocycles. The van der Waals surface area contributed by atoms with Crippen LogP contribution in [0.3, 0.4) is 0 Å². The number of anilines is 1. The van der Waals surface area contributed by atoms with Gasteiger partial charge < -0.3 is 10.8 Å². The van der Waals surface area contributed by atoms with E-state index >= 15 is 0 Å². The van der Waals surface area contributed by atoms with Gasteiger partial charge in [-0.05, 0) is 37.9 Å². The molecule has 2 fully saturated rings. The molecule has 1 aromatic carbocycles. The molecule has 0 amide bonds. The van der Waals surface area contributed by atoms with Crippen LogP contribution in [0.25, 0.3) is 0 Å². The number of likely N-dealkylation sites (tertiary alicyclic amines) is 2. The fourth-order valence-electron chi connectivity index (χ4n) is 4.36. The first-order valence-corrected chi connectivity index (χ1v) is 9.46. The van der Waals surface area contributed by atoms with Gasteiger partial charge in [-0.15, -0.1) is 0 Å². The summed E-state index contributed by atoms with van der Waals surface area (Å²) in [5.74, 6) is 0.306. The Morgan fingerprint density at radius 1 is 1.08 bits per heavy atom. The van der Waals surface area contributed by atoms with E-state index in [1.165, 1.54) is 12.8 Å². The Kier molecular flexibility index (Phi) is 4.89. The van der Waals surface area contributed by atoms with Gasteiger partial charge in [0.15, 0.2) is 0 Å². The first kappa shape index (κ1) is 17.4. The molecule has 0 spiro atoms. The number of aromatic nitrogens is 2. The van der Waals surface area contributed by atoms with E-state index in [2.05, 4.69) is 31.9 Å². The highest BCUT2D eigenvalue weighted by Crippen LogP contribution is 2.37. The molecular weight excluding hydrogens is 326 g/mol. The maximum atomic E-state index is 11.7. The lowest BCUT2D eigenvalue weighted by Crippen LogP contribution is -2.60. The first-order valence-electron chi connectivity index (χ1n) is 9.46. The van der Waals surface area contributed by atoms with Gasteiger partial charge in [-0.25, -0.2) is 9.97 Å². The van der Waals surface area contributed by atoms with Gasteiger partial charge in [0.25, 0.3) is 0 Å². The van der Waals surface area contributed by atoms with Crippen molar-refractivity contribution in [1.82, 2.24) is 19.8 Å². The predicted octanol–water partition coefficient (Wildman–Crippen LogP) is 1.62. The predicted molar refractivity (Wildman–Crippen MR) is 101 cm³/mol. The normalized spacial score (nSPS) is 27.7. The van der Waals surface area contributed by atoms with E-state index in [-0.39, 0.29) is 6.04 Å². The number of piperidine rings is 1. The highest BCUT2D eigenvalue weighted by molar-refractivity contribution is 5.26. The van der Waals surface area contributed by atoms with Crippen molar-refractivity contribution >= 4 is 5.95 Å². The van der Waals surface area contributed by atoms with E-state index < -0.39 is 5.60 Å². The summed E-state index contributed by atoms with van der Waals surface area (Å²) in [7, 11) is 0. The molecule has 2 aliphatic rings. The molecule has 0 unspecified atom stereocenters. The van der Waals surface area contributed by atoms with Crippen molar-refractivity contribution in [3.8, 4) is 0 Å². The average molecular weight is 353 g/mol. The molecule has 3 heterocycles. The lowest BCUT2D eigenvalue weighted by Gasteiger charge is -2.48. The van der Waals surface area contributed by atoms with Crippen LogP contribution in [-0.2, 0) is 12.1 Å². The molecule has 4 rings (SSSR count). The summed E-state index contributed by atoms with van der Waals surface area (Å²) < 4.78 is 0. The first-order chi connectivity index (χ1) is 12.6. The van der Waals surface area contributed by atoms with E-state index in [1.807, 2.05) is 18.2 Å². The number of hydrogen-bond acceptors (Lipinski definition) is 6. The van der Waals surface area contributed by atoms with Crippen LogP contribution < -0.4 is 5.73 Å². The van der Waals surface area contributed by atoms with Crippen molar-refractivity contribution in [2.45, 2.75) is 37.5 Å². The van der Waals surface area contributed by atoms with Crippen LogP contribution in [-0.4, -0.2) is 57.1 Å². The van der Waals surface area contributed by atoms with E-state index in [0.717, 1.165) is 50.3 Å². The molecule has 1 aromatic heterocycles. The SMILES string of the molecule is Nc1ncc(CN2CC[C@](O)(c3ccccc3)[C@H](N3CCCC3)C2)cn1. The van der Waals surface area contributed by atoms with E-state index in [0.29, 0.717) is 5.95 Å². The van der Waals surface area contributed by atoms with Gasteiger partial charge in [0.05, 0.1) is 6.04 Å². The van der Waals surface area contributed by atoms with Crippen molar-refractivity contribution in [1.29, 1.82) is 0 Å². The Labute approximate surface area is 154 Å². The molecule has 138 valence electrons. The summed E-state index contributed by atoms with van der Waals surface area (Å²) in [6.45, 7) is 4.61. The Morgan fingerprint density at radius 2 is 1.77 bits per heavy atom. The lowest BCUT2D eigenvalue weighted by atomic mass is 9.79.